The van der Waals surface area contributed by atoms with Crippen LogP contribution in [0.1, 0.15) is 37.6 Å². The van der Waals surface area contributed by atoms with Crippen LogP contribution in [0, 0.1) is 0 Å². The van der Waals surface area contributed by atoms with Crippen molar-refractivity contribution in [3.63, 3.8) is 0 Å². The molecular weight excluding hydrogens is 172 g/mol. The summed E-state index contributed by atoms with van der Waals surface area (Å²) in [5, 5.41) is 0. The van der Waals surface area contributed by atoms with E-state index >= 15 is 0 Å². The molecule has 2 nitrogen and oxygen atoms in total. The first kappa shape index (κ1) is 9.66. The van der Waals surface area contributed by atoms with Gasteiger partial charge in [0.05, 0.1) is 5.69 Å². The normalized spacial score (nSPS) is 17.1. The molecule has 1 aliphatic rings. The standard InChI is InChI=1S/C12H18N2/c1-12(2,3)10-5-6-13-11-8-14(4)7-9(10)11/h5-6H,7-8H2,1-4H3. The maximum atomic E-state index is 4.44. The van der Waals surface area contributed by atoms with Gasteiger partial charge in [-0.15, -0.1) is 0 Å². The molecule has 0 radical (unpaired) electrons. The van der Waals surface area contributed by atoms with Crippen LogP contribution < -0.4 is 0 Å². The van der Waals surface area contributed by atoms with Crippen LogP contribution in [0.4, 0.5) is 0 Å². The Morgan fingerprint density at radius 2 is 2.00 bits per heavy atom. The van der Waals surface area contributed by atoms with E-state index in [1.807, 2.05) is 6.20 Å². The summed E-state index contributed by atoms with van der Waals surface area (Å²) in [4.78, 5) is 6.75. The highest BCUT2D eigenvalue weighted by Crippen LogP contribution is 2.31. The van der Waals surface area contributed by atoms with E-state index in [-0.39, 0.29) is 5.41 Å². The number of rotatable bonds is 0. The van der Waals surface area contributed by atoms with Crippen molar-refractivity contribution in [2.45, 2.75) is 39.3 Å². The third kappa shape index (κ3) is 1.55. The summed E-state index contributed by atoms with van der Waals surface area (Å²) in [5.41, 5.74) is 4.40. The van der Waals surface area contributed by atoms with Crippen LogP contribution in [0.25, 0.3) is 0 Å². The van der Waals surface area contributed by atoms with Crippen LogP contribution in [0.5, 0.6) is 0 Å². The van der Waals surface area contributed by atoms with Crippen LogP contribution in [0.2, 0.25) is 0 Å². The van der Waals surface area contributed by atoms with Crippen molar-refractivity contribution in [3.8, 4) is 0 Å². The summed E-state index contributed by atoms with van der Waals surface area (Å²) in [7, 11) is 2.15. The third-order valence-electron chi connectivity index (χ3n) is 2.80. The molecule has 2 heteroatoms. The predicted molar refractivity (Wildman–Crippen MR) is 58.1 cm³/mol. The lowest BCUT2D eigenvalue weighted by Crippen LogP contribution is -2.15. The Hall–Kier alpha value is -0.890. The second-order valence-electron chi connectivity index (χ2n) is 5.21. The van der Waals surface area contributed by atoms with Gasteiger partial charge in [0.2, 0.25) is 0 Å². The molecule has 1 aliphatic heterocycles. The van der Waals surface area contributed by atoms with Crippen LogP contribution in [0.15, 0.2) is 12.3 Å². The average Bonchev–Trinajstić information content (AvgIpc) is 2.41. The van der Waals surface area contributed by atoms with E-state index in [1.165, 1.54) is 16.8 Å². The van der Waals surface area contributed by atoms with Crippen LogP contribution in [0.3, 0.4) is 0 Å². The van der Waals surface area contributed by atoms with Crippen LogP contribution >= 0.6 is 0 Å². The molecule has 14 heavy (non-hydrogen) atoms. The van der Waals surface area contributed by atoms with Crippen molar-refractivity contribution in [1.82, 2.24) is 9.88 Å². The minimum absolute atomic E-state index is 0.234. The van der Waals surface area contributed by atoms with Gasteiger partial charge in [0.15, 0.2) is 0 Å². The molecule has 0 aliphatic carbocycles. The Morgan fingerprint density at radius 3 is 2.64 bits per heavy atom. The van der Waals surface area contributed by atoms with Crippen molar-refractivity contribution in [1.29, 1.82) is 0 Å². The number of aromatic nitrogens is 1. The number of hydrogen-bond donors (Lipinski definition) is 0. The minimum atomic E-state index is 0.234. The molecule has 2 rings (SSSR count). The largest absolute Gasteiger partial charge is 0.296 e. The average molecular weight is 190 g/mol. The minimum Gasteiger partial charge on any atom is -0.296 e. The molecule has 0 unspecified atom stereocenters. The second-order valence-corrected chi connectivity index (χ2v) is 5.21. The first-order valence-electron chi connectivity index (χ1n) is 5.14. The first-order chi connectivity index (χ1) is 6.48. The summed E-state index contributed by atoms with van der Waals surface area (Å²) in [5.74, 6) is 0. The molecular formula is C12H18N2. The smallest absolute Gasteiger partial charge is 0.0591 e. The summed E-state index contributed by atoms with van der Waals surface area (Å²) in [6.07, 6.45) is 1.94. The van der Waals surface area contributed by atoms with Gasteiger partial charge < -0.3 is 0 Å². The van der Waals surface area contributed by atoms with Crippen molar-refractivity contribution in [3.05, 3.63) is 29.1 Å². The Kier molecular flexibility index (Phi) is 2.11. The predicted octanol–water partition coefficient (Wildman–Crippen LogP) is 2.32. The maximum Gasteiger partial charge on any atom is 0.0591 e. The molecule has 1 aromatic heterocycles. The highest BCUT2D eigenvalue weighted by Gasteiger charge is 2.25. The van der Waals surface area contributed by atoms with E-state index in [1.54, 1.807) is 0 Å². The van der Waals surface area contributed by atoms with Crippen molar-refractivity contribution >= 4 is 0 Å². The highest BCUT2D eigenvalue weighted by molar-refractivity contribution is 5.37. The van der Waals surface area contributed by atoms with E-state index in [4.69, 9.17) is 0 Å². The van der Waals surface area contributed by atoms with Gasteiger partial charge in [-0.25, -0.2) is 0 Å². The summed E-state index contributed by atoms with van der Waals surface area (Å²) < 4.78 is 0. The number of pyridine rings is 1. The fourth-order valence-corrected chi connectivity index (χ4v) is 2.13. The molecule has 76 valence electrons. The molecule has 0 amide bonds. The van der Waals surface area contributed by atoms with Gasteiger partial charge in [-0.3, -0.25) is 9.88 Å². The summed E-state index contributed by atoms with van der Waals surface area (Å²) >= 11 is 0. The zero-order valence-electron chi connectivity index (χ0n) is 9.46. The van der Waals surface area contributed by atoms with Crippen molar-refractivity contribution in [2.24, 2.45) is 0 Å². The number of hydrogen-bond acceptors (Lipinski definition) is 2. The number of nitrogens with zero attached hydrogens (tertiary/aromatic N) is 2. The van der Waals surface area contributed by atoms with E-state index < -0.39 is 0 Å². The topological polar surface area (TPSA) is 16.1 Å². The Labute approximate surface area is 86.0 Å². The molecule has 0 saturated heterocycles. The summed E-state index contributed by atoms with van der Waals surface area (Å²) in [6.45, 7) is 8.85. The van der Waals surface area contributed by atoms with Crippen molar-refractivity contribution in [2.75, 3.05) is 7.05 Å². The monoisotopic (exact) mass is 190 g/mol. The van der Waals surface area contributed by atoms with Crippen LogP contribution in [-0.2, 0) is 18.5 Å². The molecule has 0 spiro atoms. The zero-order valence-corrected chi connectivity index (χ0v) is 9.46. The number of fused-ring (bicyclic) bond motifs is 1. The lowest BCUT2D eigenvalue weighted by molar-refractivity contribution is 0.349. The molecule has 0 bridgehead atoms. The molecule has 0 fully saturated rings. The van der Waals surface area contributed by atoms with Gasteiger partial charge in [0.25, 0.3) is 0 Å². The summed E-state index contributed by atoms with van der Waals surface area (Å²) in [6, 6.07) is 2.16. The quantitative estimate of drug-likeness (QED) is 0.624. The molecule has 1 aromatic rings. The molecule has 0 atom stereocenters. The van der Waals surface area contributed by atoms with E-state index in [0.29, 0.717) is 0 Å². The first-order valence-corrected chi connectivity index (χ1v) is 5.14. The van der Waals surface area contributed by atoms with E-state index in [9.17, 15) is 0 Å². The molecule has 0 aromatic carbocycles. The van der Waals surface area contributed by atoms with Gasteiger partial charge in [0.1, 0.15) is 0 Å². The lowest BCUT2D eigenvalue weighted by atomic mass is 9.84. The fraction of sp³-hybridized carbons (Fsp3) is 0.583. The molecule has 0 N–H and O–H groups in total. The second kappa shape index (κ2) is 3.06. The maximum absolute atomic E-state index is 4.44. The van der Waals surface area contributed by atoms with Gasteiger partial charge >= 0.3 is 0 Å². The fourth-order valence-electron chi connectivity index (χ4n) is 2.13. The lowest BCUT2D eigenvalue weighted by Gasteiger charge is -2.22. The van der Waals surface area contributed by atoms with E-state index in [0.717, 1.165) is 13.1 Å². The Balaban J connectivity index is 2.50. The zero-order chi connectivity index (χ0) is 10.3. The van der Waals surface area contributed by atoms with Crippen molar-refractivity contribution < 1.29 is 0 Å². The third-order valence-corrected chi connectivity index (χ3v) is 2.80. The van der Waals surface area contributed by atoms with Gasteiger partial charge in [0, 0.05) is 19.3 Å². The molecule has 2 heterocycles. The van der Waals surface area contributed by atoms with Gasteiger partial charge in [-0.1, -0.05) is 20.8 Å². The van der Waals surface area contributed by atoms with Gasteiger partial charge in [-0.2, -0.15) is 0 Å². The van der Waals surface area contributed by atoms with Crippen LogP contribution in [-0.4, -0.2) is 16.9 Å². The Morgan fingerprint density at radius 1 is 1.29 bits per heavy atom. The van der Waals surface area contributed by atoms with E-state index in [2.05, 4.69) is 43.8 Å². The molecule has 0 saturated carbocycles. The SMILES string of the molecule is CN1Cc2nccc(C(C)(C)C)c2C1. The highest BCUT2D eigenvalue weighted by atomic mass is 15.1. The van der Waals surface area contributed by atoms with Gasteiger partial charge in [-0.05, 0) is 29.7 Å². The Bertz CT molecular complexity index is 350.